The molecule has 28 rings (SSSR count). The fourth-order valence-corrected chi connectivity index (χ4v) is 25.7. The van der Waals surface area contributed by atoms with E-state index in [1.54, 1.807) is 0 Å². The monoisotopic (exact) mass is 1730 g/mol. The van der Waals surface area contributed by atoms with Gasteiger partial charge in [-0.1, -0.05) is 212 Å². The summed E-state index contributed by atoms with van der Waals surface area (Å²) in [5, 5.41) is 21.6. The summed E-state index contributed by atoms with van der Waals surface area (Å²) in [5.41, 5.74) is 34.0. The van der Waals surface area contributed by atoms with Crippen LogP contribution in [0, 0.1) is 20.8 Å². The van der Waals surface area contributed by atoms with Gasteiger partial charge in [0.25, 0.3) is 0 Å². The smallest absolute Gasteiger partial charge is 0.0548 e. The number of para-hydroxylation sites is 3. The third-order valence-corrected chi connectivity index (χ3v) is 31.7. The molecule has 0 fully saturated rings. The summed E-state index contributed by atoms with van der Waals surface area (Å²) >= 11 is 5.64. The van der Waals surface area contributed by atoms with Crippen molar-refractivity contribution >= 4 is 221 Å². The Morgan fingerprint density at radius 1 is 0.197 bits per heavy atom. The van der Waals surface area contributed by atoms with E-state index in [-0.39, 0.29) is 0 Å². The molecule has 0 saturated heterocycles. The molecule has 0 aliphatic carbocycles. The molecular weight excluding hydrogens is 1660 g/mol. The maximum atomic E-state index is 4.14. The van der Waals surface area contributed by atoms with E-state index in [2.05, 4.69) is 455 Å². The number of rotatable bonds is 12. The van der Waals surface area contributed by atoms with Gasteiger partial charge in [-0.15, -0.1) is 34.0 Å². The van der Waals surface area contributed by atoms with Crippen LogP contribution in [0.3, 0.4) is 0 Å². The van der Waals surface area contributed by atoms with Gasteiger partial charge in [-0.25, -0.2) is 0 Å². The van der Waals surface area contributed by atoms with Crippen molar-refractivity contribution in [3.05, 3.63) is 429 Å². The number of hydrogen-bond acceptors (Lipinski definition) is 3. The van der Waals surface area contributed by atoms with Crippen molar-refractivity contribution in [1.82, 2.24) is 27.4 Å². The summed E-state index contributed by atoms with van der Waals surface area (Å²) in [6.07, 6.45) is 6.15. The zero-order chi connectivity index (χ0) is 87.0. The van der Waals surface area contributed by atoms with Crippen molar-refractivity contribution < 1.29 is 0 Å². The van der Waals surface area contributed by atoms with E-state index < -0.39 is 0 Å². The van der Waals surface area contributed by atoms with Gasteiger partial charge in [0, 0.05) is 160 Å². The Labute approximate surface area is 770 Å². The highest BCUT2D eigenvalue weighted by Gasteiger charge is 2.27. The quantitative estimate of drug-likeness (QED) is 0.109. The van der Waals surface area contributed by atoms with Gasteiger partial charge in [-0.05, 0) is 283 Å². The van der Waals surface area contributed by atoms with E-state index in [9.17, 15) is 0 Å². The molecule has 0 bridgehead atoms. The Kier molecular flexibility index (Phi) is 16.3. The SMILES string of the molecule is C=C/C=C\c1c(C)c2cc(-c3ccc(-n4c5ccc(-c6ccc(-n7c8ccccc8c8cc(C)ccc87)cc6)cc5c5c6c(ccc54)sc4ccccc46)cc3)ccc2n1-c1ccc(-c2ccc3c(c2)c2c4c(ccc2n3-c2cccc(-c3ccc5sc6ccc7c(c8cc(C)ccc8n7-c7cccc(-n8c9ccccc9c9ccccc98)c7)c6c5c3)c2)sc2ccccc24)cc1. The lowest BCUT2D eigenvalue weighted by molar-refractivity contribution is 1.10. The second-order valence-electron chi connectivity index (χ2n) is 35.6. The van der Waals surface area contributed by atoms with Crippen LogP contribution in [0.1, 0.15) is 22.4 Å². The molecule has 9 heteroatoms. The zero-order valence-electron chi connectivity index (χ0n) is 72.3. The number of benzene rings is 19. The molecule has 0 N–H and O–H groups in total. The Morgan fingerprint density at radius 2 is 0.508 bits per heavy atom. The second kappa shape index (κ2) is 28.7. The molecule has 0 saturated carbocycles. The fraction of sp³-hybridized carbons (Fsp3) is 0.0244. The van der Waals surface area contributed by atoms with Crippen LogP contribution in [0.2, 0.25) is 0 Å². The summed E-state index contributed by atoms with van der Waals surface area (Å²) < 4.78 is 22.5. The normalized spacial score (nSPS) is 12.4. The molecule has 0 amide bonds. The van der Waals surface area contributed by atoms with Crippen LogP contribution in [0.4, 0.5) is 0 Å². The van der Waals surface area contributed by atoms with Crippen LogP contribution < -0.4 is 0 Å². The number of allylic oxidation sites excluding steroid dienone is 2. The van der Waals surface area contributed by atoms with E-state index in [1.165, 1.54) is 214 Å². The third-order valence-electron chi connectivity index (χ3n) is 28.3. The molecular formula is C123H78N6S3. The fourth-order valence-electron chi connectivity index (χ4n) is 22.4. The van der Waals surface area contributed by atoms with Crippen molar-refractivity contribution in [2.75, 3.05) is 0 Å². The van der Waals surface area contributed by atoms with Crippen LogP contribution in [0.5, 0.6) is 0 Å². The van der Waals surface area contributed by atoms with Crippen molar-refractivity contribution in [3.63, 3.8) is 0 Å². The van der Waals surface area contributed by atoms with Gasteiger partial charge < -0.3 is 27.4 Å². The van der Waals surface area contributed by atoms with Gasteiger partial charge >= 0.3 is 0 Å². The number of aryl methyl sites for hydroxylation is 3. The number of nitrogens with zero attached hydrogens (tertiary/aromatic N) is 6. The minimum Gasteiger partial charge on any atom is -0.310 e. The average Bonchev–Trinajstić information content (AvgIpc) is 1.56. The summed E-state index contributed by atoms with van der Waals surface area (Å²) in [5.74, 6) is 0. The first-order chi connectivity index (χ1) is 65.1. The molecule has 9 heterocycles. The molecule has 0 unspecified atom stereocenters. The molecule has 0 atom stereocenters. The first-order valence-corrected chi connectivity index (χ1v) is 47.7. The molecule has 6 nitrogen and oxygen atoms in total. The van der Waals surface area contributed by atoms with Crippen LogP contribution in [0.15, 0.2) is 407 Å². The first-order valence-electron chi connectivity index (χ1n) is 45.3. The van der Waals surface area contributed by atoms with Crippen LogP contribution in [-0.4, -0.2) is 27.4 Å². The number of fused-ring (bicyclic) bond motifs is 28. The summed E-state index contributed by atoms with van der Waals surface area (Å²) in [7, 11) is 0. The Morgan fingerprint density at radius 3 is 1.01 bits per heavy atom. The van der Waals surface area contributed by atoms with Crippen molar-refractivity contribution in [2.24, 2.45) is 0 Å². The Hall–Kier alpha value is -16.1. The first kappa shape index (κ1) is 74.9. The van der Waals surface area contributed by atoms with Crippen molar-refractivity contribution in [1.29, 1.82) is 0 Å². The van der Waals surface area contributed by atoms with E-state index in [4.69, 9.17) is 0 Å². The van der Waals surface area contributed by atoms with Gasteiger partial charge in [0.05, 0.1) is 60.7 Å². The Balaban J connectivity index is 0.514. The topological polar surface area (TPSA) is 29.6 Å². The molecule has 132 heavy (non-hydrogen) atoms. The summed E-state index contributed by atoms with van der Waals surface area (Å²) in [6.45, 7) is 10.8. The largest absolute Gasteiger partial charge is 0.310 e. The van der Waals surface area contributed by atoms with Crippen molar-refractivity contribution in [2.45, 2.75) is 20.8 Å². The average molecular weight is 1740 g/mol. The predicted octanol–water partition coefficient (Wildman–Crippen LogP) is 35.0. The maximum Gasteiger partial charge on any atom is 0.0548 e. The highest BCUT2D eigenvalue weighted by Crippen LogP contribution is 2.51. The van der Waals surface area contributed by atoms with Crippen LogP contribution in [-0.2, 0) is 0 Å². The second-order valence-corrected chi connectivity index (χ2v) is 38.9. The number of thiophene rings is 3. The lowest BCUT2D eigenvalue weighted by atomic mass is 10.00. The predicted molar refractivity (Wildman–Crippen MR) is 569 cm³/mol. The molecule has 0 spiro atoms. The highest BCUT2D eigenvalue weighted by molar-refractivity contribution is 7.27. The van der Waals surface area contributed by atoms with E-state index >= 15 is 0 Å². The van der Waals surface area contributed by atoms with Crippen LogP contribution >= 0.6 is 34.0 Å². The van der Waals surface area contributed by atoms with E-state index in [1.807, 2.05) is 40.1 Å². The minimum absolute atomic E-state index is 1.09. The lowest BCUT2D eigenvalue weighted by Crippen LogP contribution is -1.98. The summed E-state index contributed by atoms with van der Waals surface area (Å²) in [6, 6.07) is 146. The maximum absolute atomic E-state index is 4.14. The molecule has 9 aromatic heterocycles. The van der Waals surface area contributed by atoms with Gasteiger partial charge in [0.1, 0.15) is 0 Å². The van der Waals surface area contributed by atoms with Gasteiger partial charge in [0.2, 0.25) is 0 Å². The third kappa shape index (κ3) is 11.1. The molecule has 0 radical (unpaired) electrons. The zero-order valence-corrected chi connectivity index (χ0v) is 74.7. The molecule has 19 aromatic carbocycles. The van der Waals surface area contributed by atoms with Crippen molar-refractivity contribution in [3.8, 4) is 78.6 Å². The minimum atomic E-state index is 1.09. The lowest BCUT2D eigenvalue weighted by Gasteiger charge is -2.13. The molecule has 0 aliphatic heterocycles. The highest BCUT2D eigenvalue weighted by atomic mass is 32.1. The van der Waals surface area contributed by atoms with E-state index in [0.717, 1.165) is 67.6 Å². The molecule has 0 aliphatic rings. The van der Waals surface area contributed by atoms with Crippen LogP contribution in [0.25, 0.3) is 265 Å². The summed E-state index contributed by atoms with van der Waals surface area (Å²) in [4.78, 5) is 0. The molecule has 618 valence electrons. The Bertz CT molecular complexity index is 9850. The standard InChI is InChI=1S/C123H78N6S3/c1-5-6-28-100-74(4)94-67-79(75-40-50-85(51-41-75)126-107-55-43-80(68-97(107)119-109(126)57-61-115-121(119)92-26-10-15-32-112(92)130-115)77-38-48-84(49-39-77)125-103-31-14-9-25-91(103)95-64-72(2)34-52-105(95)125)42-54-104(94)124(100)83-46-36-76(37-47-83)81-44-56-108-98(69-81)120-111(58-62-116-122(120)93-27-11-16-33-113(93)131-116)128(108)86-20-17-19-78(66-86)82-45-60-114-99(70-82)123-117(132-114)63-59-110-118(123)96-65-73(3)35-53-106(96)129(110)88-22-18-21-87(71-88)127-101-29-12-7-23-89(101)90-24-8-13-30-102(90)127/h5-71H,1H2,2-4H3/b28-6-. The number of hydrogen-bond donors (Lipinski definition) is 0. The number of aromatic nitrogens is 6. The van der Waals surface area contributed by atoms with Gasteiger partial charge in [-0.2, -0.15) is 0 Å². The van der Waals surface area contributed by atoms with Gasteiger partial charge in [-0.3, -0.25) is 0 Å². The van der Waals surface area contributed by atoms with E-state index in [0.29, 0.717) is 0 Å². The van der Waals surface area contributed by atoms with Gasteiger partial charge in [0.15, 0.2) is 0 Å². The molecule has 28 aromatic rings.